The van der Waals surface area contributed by atoms with Crippen LogP contribution in [0.25, 0.3) is 0 Å². The monoisotopic (exact) mass is 1340 g/mol. The zero-order valence-corrected chi connectivity index (χ0v) is 61.3. The van der Waals surface area contributed by atoms with Crippen molar-refractivity contribution >= 4 is 39.5 Å². The normalized spacial score (nSPS) is 14.2. The number of carbonyl (C=O) groups is 4. The molecule has 3 N–H and O–H groups in total. The van der Waals surface area contributed by atoms with Gasteiger partial charge < -0.3 is 33.8 Å². The summed E-state index contributed by atoms with van der Waals surface area (Å²) < 4.78 is 68.3. The largest absolute Gasteiger partial charge is 0.472 e. The molecule has 91 heavy (non-hydrogen) atoms. The lowest BCUT2D eigenvalue weighted by Gasteiger charge is -2.21. The Morgan fingerprint density at radius 2 is 0.462 bits per heavy atom. The highest BCUT2D eigenvalue weighted by Crippen LogP contribution is 2.45. The summed E-state index contributed by atoms with van der Waals surface area (Å²) in [5, 5.41) is 10.6. The first-order chi connectivity index (χ1) is 43.6. The van der Waals surface area contributed by atoms with Crippen molar-refractivity contribution in [1.29, 1.82) is 0 Å². The van der Waals surface area contributed by atoms with Crippen LogP contribution >= 0.6 is 15.6 Å². The fourth-order valence-electron chi connectivity index (χ4n) is 10.8. The van der Waals surface area contributed by atoms with E-state index >= 15 is 0 Å². The average molecular weight is 1340 g/mol. The van der Waals surface area contributed by atoms with Crippen LogP contribution in [0.5, 0.6) is 0 Å². The Kier molecular flexibility index (Phi) is 60.3. The second-order valence-electron chi connectivity index (χ2n) is 27.9. The van der Waals surface area contributed by atoms with Crippen molar-refractivity contribution < 1.29 is 80.2 Å². The maximum Gasteiger partial charge on any atom is 0.472 e. The first kappa shape index (κ1) is 89.1. The number of hydrogen-bond donors (Lipinski definition) is 3. The maximum absolute atomic E-state index is 13.0. The molecule has 0 saturated carbocycles. The second kappa shape index (κ2) is 61.6. The van der Waals surface area contributed by atoms with Gasteiger partial charge in [-0.05, 0) is 49.4 Å². The minimum absolute atomic E-state index is 0.105. The Balaban J connectivity index is 5.24. The lowest BCUT2D eigenvalue weighted by molar-refractivity contribution is -0.161. The van der Waals surface area contributed by atoms with Gasteiger partial charge in [-0.25, -0.2) is 9.13 Å². The Bertz CT molecular complexity index is 1800. The summed E-state index contributed by atoms with van der Waals surface area (Å²) >= 11 is 0. The molecule has 17 nitrogen and oxygen atoms in total. The third kappa shape index (κ3) is 66.5. The van der Waals surface area contributed by atoms with E-state index in [1.807, 2.05) is 0 Å². The molecule has 0 saturated heterocycles. The van der Waals surface area contributed by atoms with Gasteiger partial charge in [0.1, 0.15) is 19.3 Å². The van der Waals surface area contributed by atoms with E-state index in [2.05, 4.69) is 55.4 Å². The van der Waals surface area contributed by atoms with Gasteiger partial charge in [0.25, 0.3) is 0 Å². The first-order valence-electron chi connectivity index (χ1n) is 37.2. The predicted molar refractivity (Wildman–Crippen MR) is 367 cm³/mol. The van der Waals surface area contributed by atoms with Crippen molar-refractivity contribution in [3.8, 4) is 0 Å². The number of ether oxygens (including phenoxy) is 4. The van der Waals surface area contributed by atoms with Crippen molar-refractivity contribution in [2.45, 2.75) is 375 Å². The van der Waals surface area contributed by atoms with Crippen LogP contribution in [-0.2, 0) is 65.4 Å². The van der Waals surface area contributed by atoms with Gasteiger partial charge in [-0.1, -0.05) is 306 Å². The van der Waals surface area contributed by atoms with Crippen LogP contribution in [0.1, 0.15) is 357 Å². The van der Waals surface area contributed by atoms with Gasteiger partial charge in [0, 0.05) is 25.7 Å². The molecule has 0 heterocycles. The molecule has 0 spiro atoms. The molecule has 5 atom stereocenters. The number of aliphatic hydroxyl groups excluding tert-OH is 1. The molecule has 0 aromatic heterocycles. The summed E-state index contributed by atoms with van der Waals surface area (Å²) in [6.45, 7) is 14.1. The van der Waals surface area contributed by atoms with Gasteiger partial charge in [-0.3, -0.25) is 37.3 Å². The third-order valence-corrected chi connectivity index (χ3v) is 18.5. The molecule has 0 bridgehead atoms. The quantitative estimate of drug-likeness (QED) is 0.0222. The molecule has 0 aromatic rings. The smallest absolute Gasteiger partial charge is 0.462 e. The summed E-state index contributed by atoms with van der Waals surface area (Å²) in [5.41, 5.74) is 0. The summed E-state index contributed by atoms with van der Waals surface area (Å²) in [5.74, 6) is 0.849. The predicted octanol–water partition coefficient (Wildman–Crippen LogP) is 20.5. The number of carbonyl (C=O) groups excluding carboxylic acids is 4. The summed E-state index contributed by atoms with van der Waals surface area (Å²) in [7, 11) is -9.91. The van der Waals surface area contributed by atoms with Gasteiger partial charge in [0.05, 0.1) is 26.4 Å². The molecule has 0 aliphatic rings. The van der Waals surface area contributed by atoms with E-state index < -0.39 is 97.5 Å². The zero-order chi connectivity index (χ0) is 67.5. The topological polar surface area (TPSA) is 237 Å². The minimum atomic E-state index is -4.95. The van der Waals surface area contributed by atoms with Crippen molar-refractivity contribution in [2.24, 2.45) is 23.7 Å². The number of esters is 4. The van der Waals surface area contributed by atoms with Crippen molar-refractivity contribution in [2.75, 3.05) is 39.6 Å². The molecular weight excluding hydrogens is 1200 g/mol. The highest BCUT2D eigenvalue weighted by atomic mass is 31.2. The molecule has 0 radical (unpaired) electrons. The zero-order valence-electron chi connectivity index (χ0n) is 59.5. The van der Waals surface area contributed by atoms with Crippen LogP contribution in [0.2, 0.25) is 0 Å². The van der Waals surface area contributed by atoms with Crippen LogP contribution in [0.3, 0.4) is 0 Å². The van der Waals surface area contributed by atoms with Gasteiger partial charge >= 0.3 is 39.5 Å². The molecule has 19 heteroatoms. The lowest BCUT2D eigenvalue weighted by atomic mass is 10.0. The molecule has 0 aromatic carbocycles. The number of unbranched alkanes of at least 4 members (excludes halogenated alkanes) is 35. The molecule has 0 fully saturated rings. The van der Waals surface area contributed by atoms with E-state index in [1.54, 1.807) is 0 Å². The van der Waals surface area contributed by atoms with E-state index in [-0.39, 0.29) is 25.7 Å². The second-order valence-corrected chi connectivity index (χ2v) is 30.8. The molecule has 0 aliphatic heterocycles. The first-order valence-corrected chi connectivity index (χ1v) is 40.2. The van der Waals surface area contributed by atoms with Crippen LogP contribution in [0, 0.1) is 23.7 Å². The van der Waals surface area contributed by atoms with Crippen molar-refractivity contribution in [3.05, 3.63) is 0 Å². The standard InChI is InChI=1S/C72H140O17P2/c1-62(2)48-40-32-24-18-12-10-9-11-13-22-28-38-46-54-71(76)89-68(59-83-70(75)53-45-37-31-30-35-43-51-65(7)8)61-87-91(80,81)85-57-66(73)56-84-90(78,79)86-60-67(88-72(77)55-47-39-29-23-17-15-20-26-34-42-50-64(5)6)58-82-69(74)52-44-36-27-21-16-14-19-25-33-41-49-63(3)4/h62-68,73H,9-61H2,1-8H3,(H,78,79)(H,80,81)/t66-,67-,68-/m1/s1. The fraction of sp³-hybridized carbons (Fsp3) is 0.944. The van der Waals surface area contributed by atoms with Gasteiger partial charge in [-0.15, -0.1) is 0 Å². The summed E-state index contributed by atoms with van der Waals surface area (Å²) in [4.78, 5) is 72.6. The molecule has 0 aliphatic carbocycles. The van der Waals surface area contributed by atoms with Crippen LogP contribution < -0.4 is 0 Å². The number of phosphoric acid groups is 2. The Hall–Kier alpha value is -1.94. The third-order valence-electron chi connectivity index (χ3n) is 16.6. The van der Waals surface area contributed by atoms with E-state index in [1.165, 1.54) is 154 Å². The van der Waals surface area contributed by atoms with E-state index in [4.69, 9.17) is 37.0 Å². The SMILES string of the molecule is CC(C)CCCCCCCCCCCCCCCC(=O)O[C@H](COC(=O)CCCCCCCCC(C)C)COP(=O)(O)OC[C@H](O)COP(=O)(O)OC[C@@H](COC(=O)CCCCCCCCCCCCC(C)C)OC(=O)CCCCCCCCCCCCC(C)C. The minimum Gasteiger partial charge on any atom is -0.462 e. The highest BCUT2D eigenvalue weighted by molar-refractivity contribution is 7.47. The van der Waals surface area contributed by atoms with Gasteiger partial charge in [0.15, 0.2) is 12.2 Å². The van der Waals surface area contributed by atoms with Gasteiger partial charge in [-0.2, -0.15) is 0 Å². The number of hydrogen-bond acceptors (Lipinski definition) is 15. The Labute approximate surface area is 556 Å². The van der Waals surface area contributed by atoms with E-state index in [0.29, 0.717) is 31.6 Å². The van der Waals surface area contributed by atoms with Crippen LogP contribution in [0.4, 0.5) is 0 Å². The van der Waals surface area contributed by atoms with Crippen molar-refractivity contribution in [1.82, 2.24) is 0 Å². The molecule has 2 unspecified atom stereocenters. The van der Waals surface area contributed by atoms with Gasteiger partial charge in [0.2, 0.25) is 0 Å². The Morgan fingerprint density at radius 3 is 0.681 bits per heavy atom. The Morgan fingerprint density at radius 1 is 0.275 bits per heavy atom. The molecular formula is C72H140O17P2. The molecule has 0 rings (SSSR count). The summed E-state index contributed by atoms with van der Waals surface area (Å²) in [6.07, 6.45) is 44.5. The lowest BCUT2D eigenvalue weighted by Crippen LogP contribution is -2.30. The molecule has 540 valence electrons. The highest BCUT2D eigenvalue weighted by Gasteiger charge is 2.30. The average Bonchev–Trinajstić information content (AvgIpc) is 3.12. The fourth-order valence-corrected chi connectivity index (χ4v) is 12.4. The van der Waals surface area contributed by atoms with Crippen molar-refractivity contribution in [3.63, 3.8) is 0 Å². The van der Waals surface area contributed by atoms with E-state index in [9.17, 15) is 43.2 Å². The number of aliphatic hydroxyl groups is 1. The van der Waals surface area contributed by atoms with Crippen LogP contribution in [0.15, 0.2) is 0 Å². The number of phosphoric ester groups is 2. The maximum atomic E-state index is 13.0. The summed E-state index contributed by atoms with van der Waals surface area (Å²) in [6, 6.07) is 0. The van der Waals surface area contributed by atoms with E-state index in [0.717, 1.165) is 114 Å². The molecule has 0 amide bonds. The van der Waals surface area contributed by atoms with Crippen LogP contribution in [-0.4, -0.2) is 96.7 Å². The number of rotatable bonds is 69.